The van der Waals surface area contributed by atoms with Crippen molar-refractivity contribution in [3.63, 3.8) is 0 Å². The summed E-state index contributed by atoms with van der Waals surface area (Å²) in [6.07, 6.45) is 1.65. The van der Waals surface area contributed by atoms with Crippen molar-refractivity contribution in [1.82, 2.24) is 9.97 Å². The van der Waals surface area contributed by atoms with Gasteiger partial charge in [-0.25, -0.2) is 17.8 Å². The van der Waals surface area contributed by atoms with Gasteiger partial charge in [0.1, 0.15) is 16.5 Å². The first kappa shape index (κ1) is 24.2. The summed E-state index contributed by atoms with van der Waals surface area (Å²) < 4.78 is 42.9. The minimum absolute atomic E-state index is 0.0141. The van der Waals surface area contributed by atoms with Crippen LogP contribution in [-0.2, 0) is 16.6 Å². The molecule has 2 aromatic carbocycles. The number of fused-ring (bicyclic) bond motifs is 1. The summed E-state index contributed by atoms with van der Waals surface area (Å²) in [6.45, 7) is 1.29. The van der Waals surface area contributed by atoms with Crippen molar-refractivity contribution in [2.45, 2.75) is 18.4 Å². The van der Waals surface area contributed by atoms with E-state index in [-0.39, 0.29) is 26.2 Å². The molecule has 34 heavy (non-hydrogen) atoms. The van der Waals surface area contributed by atoms with Gasteiger partial charge in [0.05, 0.1) is 22.8 Å². The third-order valence-electron chi connectivity index (χ3n) is 5.15. The number of nitrogens with one attached hydrogen (secondary N) is 2. The van der Waals surface area contributed by atoms with Gasteiger partial charge in [-0.2, -0.15) is 0 Å². The minimum atomic E-state index is -4.24. The fraction of sp³-hybridized carbons (Fsp3) is 0.130. The molecule has 0 saturated carbocycles. The Morgan fingerprint density at radius 2 is 1.85 bits per heavy atom. The van der Waals surface area contributed by atoms with Crippen molar-refractivity contribution in [3.05, 3.63) is 75.8 Å². The van der Waals surface area contributed by atoms with Crippen molar-refractivity contribution in [1.29, 1.82) is 0 Å². The van der Waals surface area contributed by atoms with E-state index in [2.05, 4.69) is 20.0 Å². The molecule has 2 heterocycles. The van der Waals surface area contributed by atoms with Crippen LogP contribution in [0.2, 0.25) is 10.0 Å². The average molecular weight is 521 g/mol. The van der Waals surface area contributed by atoms with Crippen molar-refractivity contribution in [2.24, 2.45) is 0 Å². The lowest BCUT2D eigenvalue weighted by atomic mass is 10.0. The number of benzene rings is 2. The molecule has 176 valence electrons. The second kappa shape index (κ2) is 9.34. The van der Waals surface area contributed by atoms with Crippen LogP contribution in [0.25, 0.3) is 22.0 Å². The lowest BCUT2D eigenvalue weighted by Gasteiger charge is -2.14. The van der Waals surface area contributed by atoms with Gasteiger partial charge < -0.3 is 10.4 Å². The number of aryl methyl sites for hydroxylation is 1. The van der Waals surface area contributed by atoms with Crippen LogP contribution in [0.1, 0.15) is 11.3 Å². The molecule has 0 aliphatic heterocycles. The quantitative estimate of drug-likeness (QED) is 0.315. The molecular weight excluding hydrogens is 502 g/mol. The fourth-order valence-electron chi connectivity index (χ4n) is 3.54. The van der Waals surface area contributed by atoms with Gasteiger partial charge in [-0.1, -0.05) is 23.2 Å². The van der Waals surface area contributed by atoms with Gasteiger partial charge in [0.2, 0.25) is 0 Å². The molecule has 7 nitrogen and oxygen atoms in total. The number of anilines is 2. The number of hydrogen-bond acceptors (Lipinski definition) is 6. The average Bonchev–Trinajstić information content (AvgIpc) is 2.78. The normalized spacial score (nSPS) is 11.6. The molecule has 3 N–H and O–H groups in total. The second-order valence-electron chi connectivity index (χ2n) is 7.50. The lowest BCUT2D eigenvalue weighted by molar-refractivity contribution is 0.281. The molecule has 0 amide bonds. The molecule has 11 heteroatoms. The Hall–Kier alpha value is -2.98. The number of aliphatic hydroxyl groups is 1. The lowest BCUT2D eigenvalue weighted by Crippen LogP contribution is -2.14. The summed E-state index contributed by atoms with van der Waals surface area (Å²) in [4.78, 5) is 8.54. The molecule has 0 aliphatic carbocycles. The molecule has 0 bridgehead atoms. The number of hydrogen-bond donors (Lipinski definition) is 3. The Morgan fingerprint density at radius 3 is 2.56 bits per heavy atom. The summed E-state index contributed by atoms with van der Waals surface area (Å²) in [5.41, 5.74) is 2.53. The summed E-state index contributed by atoms with van der Waals surface area (Å²) >= 11 is 12.1. The molecule has 0 aliphatic rings. The van der Waals surface area contributed by atoms with Crippen LogP contribution in [0.5, 0.6) is 0 Å². The van der Waals surface area contributed by atoms with Gasteiger partial charge in [-0.3, -0.25) is 9.71 Å². The first-order valence-electron chi connectivity index (χ1n) is 9.99. The predicted molar refractivity (Wildman–Crippen MR) is 132 cm³/mol. The first-order chi connectivity index (χ1) is 16.1. The molecule has 0 spiro atoms. The monoisotopic (exact) mass is 520 g/mol. The molecule has 4 rings (SSSR count). The summed E-state index contributed by atoms with van der Waals surface area (Å²) in [5.74, 6) is 0.0187. The van der Waals surface area contributed by atoms with Crippen LogP contribution in [0.15, 0.2) is 53.6 Å². The van der Waals surface area contributed by atoms with E-state index in [0.717, 1.165) is 17.5 Å². The van der Waals surface area contributed by atoms with E-state index >= 15 is 0 Å². The summed E-state index contributed by atoms with van der Waals surface area (Å²) in [5, 5.41) is 13.0. The maximum Gasteiger partial charge on any atom is 0.263 e. The number of aliphatic hydroxyl groups excluding tert-OH is 1. The topological polar surface area (TPSA) is 104 Å². The Bertz CT molecular complexity index is 1530. The molecule has 0 saturated heterocycles. The highest BCUT2D eigenvalue weighted by Crippen LogP contribution is 2.33. The molecule has 2 aromatic heterocycles. The molecule has 0 fully saturated rings. The van der Waals surface area contributed by atoms with Gasteiger partial charge >= 0.3 is 0 Å². The van der Waals surface area contributed by atoms with E-state index in [0.29, 0.717) is 28.2 Å². The van der Waals surface area contributed by atoms with Crippen LogP contribution in [-0.4, -0.2) is 30.5 Å². The van der Waals surface area contributed by atoms with Crippen LogP contribution in [0, 0.1) is 12.7 Å². The minimum Gasteiger partial charge on any atom is -0.392 e. The number of pyridine rings is 2. The van der Waals surface area contributed by atoms with Gasteiger partial charge in [0.25, 0.3) is 10.0 Å². The third kappa shape index (κ3) is 4.78. The van der Waals surface area contributed by atoms with Gasteiger partial charge in [-0.05, 0) is 54.4 Å². The Labute approximate surface area is 205 Å². The maximum atomic E-state index is 14.5. The highest BCUT2D eigenvalue weighted by Gasteiger charge is 2.22. The zero-order chi connectivity index (χ0) is 24.6. The molecule has 0 atom stereocenters. The van der Waals surface area contributed by atoms with Gasteiger partial charge in [-0.15, -0.1) is 0 Å². The zero-order valence-corrected chi connectivity index (χ0v) is 20.4. The number of nitrogens with zero attached hydrogens (tertiary/aromatic N) is 2. The van der Waals surface area contributed by atoms with Crippen molar-refractivity contribution in [3.8, 4) is 11.1 Å². The molecule has 4 aromatic rings. The van der Waals surface area contributed by atoms with Crippen molar-refractivity contribution >= 4 is 55.6 Å². The standard InChI is InChI=1S/C23H19Cl2FN4O3S/c1-12-19(6-14-10-28-22(27-2)9-20(14)29-12)13-4-17(26)8-18(5-13)30-34(32,33)21-7-16(24)3-15(11-31)23(21)25/h3-10,30-31H,11H2,1-2H3,(H,27,28). The van der Waals surface area contributed by atoms with Gasteiger partial charge in [0, 0.05) is 41.0 Å². The molecule has 0 unspecified atom stereocenters. The van der Waals surface area contributed by atoms with E-state index in [1.807, 2.05) is 6.07 Å². The van der Waals surface area contributed by atoms with Gasteiger partial charge in [0.15, 0.2) is 0 Å². The van der Waals surface area contributed by atoms with Crippen LogP contribution in [0.4, 0.5) is 15.9 Å². The second-order valence-corrected chi connectivity index (χ2v) is 9.97. The van der Waals surface area contributed by atoms with Crippen LogP contribution >= 0.6 is 23.2 Å². The summed E-state index contributed by atoms with van der Waals surface area (Å²) in [7, 11) is -2.49. The Morgan fingerprint density at radius 1 is 1.09 bits per heavy atom. The third-order valence-corrected chi connectivity index (χ3v) is 7.33. The SMILES string of the molecule is CNc1cc2nc(C)c(-c3cc(F)cc(NS(=O)(=O)c4cc(Cl)cc(CO)c4Cl)c3)cc2cn1. The van der Waals surface area contributed by atoms with E-state index < -0.39 is 22.4 Å². The maximum absolute atomic E-state index is 14.5. The largest absolute Gasteiger partial charge is 0.392 e. The highest BCUT2D eigenvalue weighted by atomic mass is 35.5. The van der Waals surface area contributed by atoms with E-state index in [1.54, 1.807) is 26.2 Å². The van der Waals surface area contributed by atoms with E-state index in [1.165, 1.54) is 18.2 Å². The number of halogens is 3. The first-order valence-corrected chi connectivity index (χ1v) is 12.2. The molecule has 0 radical (unpaired) electrons. The van der Waals surface area contributed by atoms with Crippen LogP contribution in [0.3, 0.4) is 0 Å². The number of aromatic nitrogens is 2. The molecular formula is C23H19Cl2FN4O3S. The smallest absolute Gasteiger partial charge is 0.263 e. The fourth-order valence-corrected chi connectivity index (χ4v) is 5.50. The van der Waals surface area contributed by atoms with Crippen molar-refractivity contribution in [2.75, 3.05) is 17.1 Å². The Balaban J connectivity index is 1.76. The summed E-state index contributed by atoms with van der Waals surface area (Å²) in [6, 6.07) is 9.99. The van der Waals surface area contributed by atoms with E-state index in [4.69, 9.17) is 23.2 Å². The van der Waals surface area contributed by atoms with Crippen molar-refractivity contribution < 1.29 is 17.9 Å². The van der Waals surface area contributed by atoms with E-state index in [9.17, 15) is 17.9 Å². The zero-order valence-electron chi connectivity index (χ0n) is 18.0. The number of rotatable bonds is 6. The Kier molecular flexibility index (Phi) is 6.64. The number of sulfonamides is 1. The van der Waals surface area contributed by atoms with Crippen LogP contribution < -0.4 is 10.0 Å². The predicted octanol–water partition coefficient (Wildman–Crippen LogP) is 5.39. The highest BCUT2D eigenvalue weighted by molar-refractivity contribution is 7.92.